The van der Waals surface area contributed by atoms with E-state index in [4.69, 9.17) is 14.2 Å². The lowest BCUT2D eigenvalue weighted by molar-refractivity contribution is -0.138. The quantitative estimate of drug-likeness (QED) is 0.357. The summed E-state index contributed by atoms with van der Waals surface area (Å²) >= 11 is 1.41. The van der Waals surface area contributed by atoms with Gasteiger partial charge in [0.1, 0.15) is 16.9 Å². The number of benzene rings is 2. The second-order valence-electron chi connectivity index (χ2n) is 7.60. The van der Waals surface area contributed by atoms with Gasteiger partial charge >= 0.3 is 11.9 Å². The van der Waals surface area contributed by atoms with Crippen molar-refractivity contribution < 1.29 is 23.8 Å². The molecule has 0 aliphatic heterocycles. The maximum Gasteiger partial charge on any atom is 0.375 e. The number of hydrogen-bond acceptors (Lipinski definition) is 7. The fraction of sp³-hybridized carbons (Fsp3) is 0.304. The number of nitrogens with zero attached hydrogens (tertiary/aromatic N) is 1. The van der Waals surface area contributed by atoms with E-state index in [-0.39, 0.29) is 17.1 Å². The fourth-order valence-corrected chi connectivity index (χ4v) is 3.38. The molecule has 0 bridgehead atoms. The normalized spacial score (nSPS) is 11.6. The van der Waals surface area contributed by atoms with Crippen molar-refractivity contribution in [3.8, 4) is 5.75 Å². The Labute approximate surface area is 181 Å². The molecule has 7 heteroatoms. The zero-order valence-corrected chi connectivity index (χ0v) is 18.9. The van der Waals surface area contributed by atoms with Gasteiger partial charge in [0.2, 0.25) is 5.76 Å². The van der Waals surface area contributed by atoms with E-state index < -0.39 is 17.5 Å². The smallest absolute Gasteiger partial charge is 0.375 e. The highest BCUT2D eigenvalue weighted by Crippen LogP contribution is 2.36. The number of ether oxygens (including phenoxy) is 3. The number of esters is 2. The molecule has 0 saturated heterocycles. The lowest BCUT2D eigenvalue weighted by atomic mass is 10.1. The van der Waals surface area contributed by atoms with Crippen LogP contribution in [-0.4, -0.2) is 43.6 Å². The molecular formula is C23H27NO5S. The number of carbonyl (C=O) groups excluding carboxylic acids is 2. The van der Waals surface area contributed by atoms with Crippen LogP contribution >= 0.6 is 11.8 Å². The Morgan fingerprint density at radius 2 is 1.67 bits per heavy atom. The van der Waals surface area contributed by atoms with E-state index in [0.717, 1.165) is 4.90 Å². The van der Waals surface area contributed by atoms with E-state index >= 15 is 0 Å². The van der Waals surface area contributed by atoms with E-state index in [2.05, 4.69) is 0 Å². The maximum atomic E-state index is 13.1. The van der Waals surface area contributed by atoms with Gasteiger partial charge in [-0.1, -0.05) is 36.0 Å². The molecule has 0 spiro atoms. The number of hydrogen-bond donors (Lipinski definition) is 0. The molecule has 2 aromatic rings. The topological polar surface area (TPSA) is 65.1 Å². The first kappa shape index (κ1) is 23.3. The molecule has 0 heterocycles. The predicted octanol–water partition coefficient (Wildman–Crippen LogP) is 4.75. The van der Waals surface area contributed by atoms with Crippen molar-refractivity contribution >= 4 is 23.7 Å². The Kier molecular flexibility index (Phi) is 7.94. The van der Waals surface area contributed by atoms with Crippen molar-refractivity contribution in [3.05, 3.63) is 66.1 Å². The third-order valence-electron chi connectivity index (χ3n) is 3.54. The summed E-state index contributed by atoms with van der Waals surface area (Å²) in [5.74, 6) is -1.02. The molecule has 160 valence electrons. The van der Waals surface area contributed by atoms with Gasteiger partial charge in [-0.3, -0.25) is 0 Å². The second-order valence-corrected chi connectivity index (χ2v) is 8.71. The fourth-order valence-electron chi connectivity index (χ4n) is 2.40. The largest absolute Gasteiger partial charge is 0.463 e. The summed E-state index contributed by atoms with van der Waals surface area (Å²) in [5, 5.41) is 0. The highest BCUT2D eigenvalue weighted by Gasteiger charge is 2.26. The summed E-state index contributed by atoms with van der Waals surface area (Å²) in [6.07, 6.45) is 1.49. The minimum atomic E-state index is -0.691. The van der Waals surface area contributed by atoms with Gasteiger partial charge in [0, 0.05) is 30.1 Å². The van der Waals surface area contributed by atoms with Gasteiger partial charge in [0.05, 0.1) is 7.11 Å². The van der Waals surface area contributed by atoms with Crippen molar-refractivity contribution in [3.63, 3.8) is 0 Å². The predicted molar refractivity (Wildman–Crippen MR) is 117 cm³/mol. The lowest BCUT2D eigenvalue weighted by Crippen LogP contribution is -2.25. The summed E-state index contributed by atoms with van der Waals surface area (Å²) in [5.41, 5.74) is -0.446. The Morgan fingerprint density at radius 1 is 1.00 bits per heavy atom. The molecule has 0 aliphatic rings. The van der Waals surface area contributed by atoms with Crippen LogP contribution in [0.25, 0.3) is 0 Å². The summed E-state index contributed by atoms with van der Waals surface area (Å²) in [4.78, 5) is 28.5. The number of rotatable bonds is 7. The summed E-state index contributed by atoms with van der Waals surface area (Å²) in [6, 6.07) is 14.9. The van der Waals surface area contributed by atoms with Gasteiger partial charge in [-0.25, -0.2) is 9.59 Å². The van der Waals surface area contributed by atoms with Crippen LogP contribution in [0.2, 0.25) is 0 Å². The number of methoxy groups -OCH3 is 1. The van der Waals surface area contributed by atoms with Gasteiger partial charge in [-0.15, -0.1) is 0 Å². The molecule has 2 aromatic carbocycles. The van der Waals surface area contributed by atoms with Crippen molar-refractivity contribution in [2.24, 2.45) is 0 Å². The molecule has 0 amide bonds. The maximum absolute atomic E-state index is 13.1. The molecule has 0 fully saturated rings. The standard InChI is InChI=1S/C23H27NO5S/c1-23(2,3)29-22(26)20-17(28-18(15-24(4)5)21(25)27-6)13-10-14-19(20)30-16-11-8-7-9-12-16/h7-15H,1-6H3/b18-15+. The molecule has 2 rings (SSSR count). The molecule has 0 atom stereocenters. The Morgan fingerprint density at radius 3 is 2.23 bits per heavy atom. The zero-order valence-electron chi connectivity index (χ0n) is 18.1. The second kappa shape index (κ2) is 10.2. The first-order chi connectivity index (χ1) is 14.1. The van der Waals surface area contributed by atoms with Gasteiger partial charge in [0.25, 0.3) is 0 Å². The average Bonchev–Trinajstić information content (AvgIpc) is 2.66. The van der Waals surface area contributed by atoms with Crippen LogP contribution in [-0.2, 0) is 14.3 Å². The van der Waals surface area contributed by atoms with Gasteiger partial charge < -0.3 is 19.1 Å². The third-order valence-corrected chi connectivity index (χ3v) is 4.61. The molecule has 0 N–H and O–H groups in total. The van der Waals surface area contributed by atoms with Crippen molar-refractivity contribution in [2.75, 3.05) is 21.2 Å². The molecule has 0 aliphatic carbocycles. The number of carbonyl (C=O) groups is 2. The van der Waals surface area contributed by atoms with Crippen LogP contribution in [0.1, 0.15) is 31.1 Å². The van der Waals surface area contributed by atoms with Crippen LogP contribution in [0.3, 0.4) is 0 Å². The van der Waals surface area contributed by atoms with Crippen LogP contribution in [0.5, 0.6) is 5.75 Å². The Balaban J connectivity index is 2.54. The molecule has 0 radical (unpaired) electrons. The highest BCUT2D eigenvalue weighted by atomic mass is 32.2. The SMILES string of the molecule is COC(=O)/C(=C\N(C)C)Oc1cccc(Sc2ccccc2)c1C(=O)OC(C)(C)C. The Hall–Kier alpha value is -2.93. The lowest BCUT2D eigenvalue weighted by Gasteiger charge is -2.22. The highest BCUT2D eigenvalue weighted by molar-refractivity contribution is 7.99. The van der Waals surface area contributed by atoms with Gasteiger partial charge in [-0.05, 0) is 45.0 Å². The molecule has 6 nitrogen and oxygen atoms in total. The first-order valence-corrected chi connectivity index (χ1v) is 10.2. The van der Waals surface area contributed by atoms with Crippen molar-refractivity contribution in [1.29, 1.82) is 0 Å². The molecule has 30 heavy (non-hydrogen) atoms. The minimum Gasteiger partial charge on any atom is -0.463 e. The molecule has 0 aromatic heterocycles. The molecular weight excluding hydrogens is 402 g/mol. The van der Waals surface area contributed by atoms with E-state index in [0.29, 0.717) is 4.90 Å². The minimum absolute atomic E-state index is 0.0471. The van der Waals surface area contributed by atoms with Gasteiger partial charge in [0.15, 0.2) is 0 Å². The molecule has 0 saturated carbocycles. The third kappa shape index (κ3) is 6.84. The van der Waals surface area contributed by atoms with Crippen molar-refractivity contribution in [2.45, 2.75) is 36.2 Å². The van der Waals surface area contributed by atoms with E-state index in [1.807, 2.05) is 36.4 Å². The summed E-state index contributed by atoms with van der Waals surface area (Å²) in [6.45, 7) is 5.39. The summed E-state index contributed by atoms with van der Waals surface area (Å²) < 4.78 is 16.3. The van der Waals surface area contributed by atoms with E-state index in [9.17, 15) is 9.59 Å². The van der Waals surface area contributed by atoms with Crippen LogP contribution in [0.4, 0.5) is 0 Å². The first-order valence-electron chi connectivity index (χ1n) is 9.34. The average molecular weight is 430 g/mol. The van der Waals surface area contributed by atoms with Crippen LogP contribution in [0, 0.1) is 0 Å². The zero-order chi connectivity index (χ0) is 22.3. The van der Waals surface area contributed by atoms with Crippen molar-refractivity contribution in [1.82, 2.24) is 4.90 Å². The van der Waals surface area contributed by atoms with Crippen LogP contribution < -0.4 is 4.74 Å². The van der Waals surface area contributed by atoms with E-state index in [1.54, 1.807) is 51.9 Å². The monoisotopic (exact) mass is 429 g/mol. The molecule has 0 unspecified atom stereocenters. The van der Waals surface area contributed by atoms with E-state index in [1.165, 1.54) is 25.1 Å². The van der Waals surface area contributed by atoms with Crippen LogP contribution in [0.15, 0.2) is 70.3 Å². The van der Waals surface area contributed by atoms with Gasteiger partial charge in [-0.2, -0.15) is 0 Å². The summed E-state index contributed by atoms with van der Waals surface area (Å²) in [7, 11) is 4.77. The Bertz CT molecular complexity index is 917.